The molecule has 206 valence electrons. The van der Waals surface area contributed by atoms with Crippen LogP contribution in [0.2, 0.25) is 5.15 Å². The maximum atomic E-state index is 14.2. The summed E-state index contributed by atoms with van der Waals surface area (Å²) in [5, 5.41) is 0.803. The molecule has 0 atom stereocenters. The Morgan fingerprint density at radius 2 is 1.48 bits per heavy atom. The van der Waals surface area contributed by atoms with Crippen LogP contribution in [0.5, 0.6) is 0 Å². The molecule has 1 saturated heterocycles. The van der Waals surface area contributed by atoms with Crippen LogP contribution in [0.1, 0.15) is 11.1 Å². The van der Waals surface area contributed by atoms with E-state index < -0.39 is 0 Å². The zero-order valence-electron chi connectivity index (χ0n) is 22.1. The summed E-state index contributed by atoms with van der Waals surface area (Å²) in [5.74, 6) is 0.735. The Morgan fingerprint density at radius 1 is 0.850 bits per heavy atom. The Bertz CT molecular complexity index is 1400. The monoisotopic (exact) mass is 575 g/mol. The minimum Gasteiger partial charge on any atom is -0.366 e. The predicted molar refractivity (Wildman–Crippen MR) is 161 cm³/mol. The molecule has 1 fully saturated rings. The molecule has 40 heavy (non-hydrogen) atoms. The van der Waals surface area contributed by atoms with Crippen molar-refractivity contribution in [2.24, 2.45) is 0 Å². The quantitative estimate of drug-likeness (QED) is 0.132. The number of nitrogens with zero attached hydrogens (tertiary/aromatic N) is 5. The molecule has 0 N–H and O–H groups in total. The van der Waals surface area contributed by atoms with Crippen molar-refractivity contribution in [2.45, 2.75) is 18.1 Å². The third-order valence-electron chi connectivity index (χ3n) is 6.86. The number of hydrogen-bond acceptors (Lipinski definition) is 6. The van der Waals surface area contributed by atoms with E-state index in [9.17, 15) is 9.18 Å². The van der Waals surface area contributed by atoms with E-state index in [1.54, 1.807) is 18.2 Å². The summed E-state index contributed by atoms with van der Waals surface area (Å²) in [7, 11) is 0. The fraction of sp³-hybridized carbons (Fsp3) is 0.258. The first-order valence-corrected chi connectivity index (χ1v) is 14.7. The summed E-state index contributed by atoms with van der Waals surface area (Å²) in [6, 6.07) is 28.8. The lowest BCUT2D eigenvalue weighted by Crippen LogP contribution is -2.47. The lowest BCUT2D eigenvalue weighted by Gasteiger charge is -2.36. The molecule has 4 aromatic rings. The van der Waals surface area contributed by atoms with E-state index in [2.05, 4.69) is 22.0 Å². The predicted octanol–water partition coefficient (Wildman–Crippen LogP) is 5.96. The molecule has 1 aliphatic heterocycles. The van der Waals surface area contributed by atoms with Gasteiger partial charge in [-0.3, -0.25) is 4.79 Å². The molecule has 3 aromatic carbocycles. The van der Waals surface area contributed by atoms with E-state index in [4.69, 9.17) is 16.6 Å². The van der Waals surface area contributed by atoms with Crippen LogP contribution in [-0.2, 0) is 17.8 Å². The number of benzene rings is 3. The number of anilines is 2. The molecule has 0 saturated carbocycles. The van der Waals surface area contributed by atoms with Crippen LogP contribution in [0.15, 0.2) is 96.2 Å². The van der Waals surface area contributed by atoms with Crippen molar-refractivity contribution < 1.29 is 9.18 Å². The van der Waals surface area contributed by atoms with Gasteiger partial charge in [-0.15, -0.1) is 0 Å². The third-order valence-corrected chi connectivity index (χ3v) is 7.89. The van der Waals surface area contributed by atoms with Crippen LogP contribution < -0.4 is 9.80 Å². The van der Waals surface area contributed by atoms with Crippen LogP contribution in [0, 0.1) is 5.82 Å². The Hall–Kier alpha value is -3.62. The maximum absolute atomic E-state index is 14.2. The highest BCUT2D eigenvalue weighted by Crippen LogP contribution is 2.25. The normalized spacial score (nSPS) is 13.3. The highest BCUT2D eigenvalue weighted by molar-refractivity contribution is 7.99. The van der Waals surface area contributed by atoms with Crippen LogP contribution in [0.4, 0.5) is 15.9 Å². The smallest absolute Gasteiger partial charge is 0.233 e. The van der Waals surface area contributed by atoms with Gasteiger partial charge in [0, 0.05) is 45.3 Å². The molecule has 2 heterocycles. The van der Waals surface area contributed by atoms with Crippen molar-refractivity contribution in [1.82, 2.24) is 14.9 Å². The first kappa shape index (κ1) is 27.9. The van der Waals surface area contributed by atoms with E-state index >= 15 is 0 Å². The Morgan fingerprint density at radius 3 is 2.17 bits per heavy atom. The van der Waals surface area contributed by atoms with Crippen molar-refractivity contribution >= 4 is 40.8 Å². The van der Waals surface area contributed by atoms with Crippen molar-refractivity contribution in [3.05, 3.63) is 113 Å². The average Bonchev–Trinajstić information content (AvgIpc) is 2.99. The lowest BCUT2D eigenvalue weighted by molar-refractivity contribution is -0.128. The largest absolute Gasteiger partial charge is 0.366 e. The number of piperazine rings is 1. The molecule has 0 spiro atoms. The van der Waals surface area contributed by atoms with E-state index in [0.717, 1.165) is 12.0 Å². The van der Waals surface area contributed by atoms with E-state index in [1.165, 1.54) is 23.4 Å². The zero-order valence-corrected chi connectivity index (χ0v) is 23.7. The number of carbonyl (C=O) groups excluding carboxylic acids is 1. The van der Waals surface area contributed by atoms with Gasteiger partial charge in [-0.1, -0.05) is 96.2 Å². The van der Waals surface area contributed by atoms with Crippen LogP contribution in [0.25, 0.3) is 0 Å². The molecular formula is C31H31ClFN5OS. The van der Waals surface area contributed by atoms with Gasteiger partial charge in [0.05, 0.1) is 11.4 Å². The summed E-state index contributed by atoms with van der Waals surface area (Å²) < 4.78 is 14.2. The molecule has 1 amide bonds. The number of rotatable bonds is 10. The van der Waals surface area contributed by atoms with E-state index in [1.807, 2.05) is 64.4 Å². The van der Waals surface area contributed by atoms with Gasteiger partial charge < -0.3 is 14.7 Å². The molecule has 6 nitrogen and oxygen atoms in total. The SMILES string of the molecule is O=C(CSc1nc(Cl)cc(N2CCN(c3ccccc3F)CC2)n1)N(CCc1ccccc1)Cc1ccccc1. The van der Waals surface area contributed by atoms with Crippen LogP contribution in [0.3, 0.4) is 0 Å². The number of aromatic nitrogens is 2. The second-order valence-corrected chi connectivity index (χ2v) is 10.9. The summed E-state index contributed by atoms with van der Waals surface area (Å²) in [6.07, 6.45) is 0.779. The number of thioether (sulfide) groups is 1. The second-order valence-electron chi connectivity index (χ2n) is 9.58. The van der Waals surface area contributed by atoms with Gasteiger partial charge in [0.1, 0.15) is 16.8 Å². The molecule has 0 aliphatic carbocycles. The summed E-state index contributed by atoms with van der Waals surface area (Å²) in [5.41, 5.74) is 2.90. The van der Waals surface area contributed by atoms with Gasteiger partial charge >= 0.3 is 0 Å². The molecule has 0 unspecified atom stereocenters. The molecular weight excluding hydrogens is 545 g/mol. The Labute approximate surface area is 243 Å². The average molecular weight is 576 g/mol. The van der Waals surface area contributed by atoms with Crippen molar-refractivity contribution in [3.63, 3.8) is 0 Å². The molecule has 1 aliphatic rings. The first-order valence-electron chi connectivity index (χ1n) is 13.3. The zero-order chi connectivity index (χ0) is 27.7. The standard InChI is InChI=1S/C31H31ClFN5OS/c32-28-21-29(37-19-17-36(18-20-37)27-14-8-7-13-26(27)33)35-31(34-28)40-23-30(39)38(22-25-11-5-2-6-12-25)16-15-24-9-3-1-4-10-24/h1-14,21H,15-20,22-23H2. The number of amides is 1. The highest BCUT2D eigenvalue weighted by atomic mass is 35.5. The summed E-state index contributed by atoms with van der Waals surface area (Å²) >= 11 is 7.67. The molecule has 0 radical (unpaired) electrons. The lowest BCUT2D eigenvalue weighted by atomic mass is 10.1. The van der Waals surface area contributed by atoms with Gasteiger partial charge in [-0.2, -0.15) is 0 Å². The number of para-hydroxylation sites is 1. The van der Waals surface area contributed by atoms with Gasteiger partial charge in [0.25, 0.3) is 0 Å². The third kappa shape index (κ3) is 7.52. The number of halogens is 2. The van der Waals surface area contributed by atoms with Crippen LogP contribution >= 0.6 is 23.4 Å². The fourth-order valence-corrected chi connectivity index (χ4v) is 5.70. The minimum atomic E-state index is -0.213. The maximum Gasteiger partial charge on any atom is 0.233 e. The van der Waals surface area contributed by atoms with E-state index in [0.29, 0.717) is 61.1 Å². The number of hydrogen-bond donors (Lipinski definition) is 0. The molecule has 0 bridgehead atoms. The van der Waals surface area contributed by atoms with Gasteiger partial charge in [0.2, 0.25) is 5.91 Å². The first-order chi connectivity index (χ1) is 19.5. The fourth-order valence-electron chi connectivity index (χ4n) is 4.72. The van der Waals surface area contributed by atoms with Crippen molar-refractivity contribution in [3.8, 4) is 0 Å². The van der Waals surface area contributed by atoms with Gasteiger partial charge in [-0.05, 0) is 29.7 Å². The van der Waals surface area contributed by atoms with Crippen molar-refractivity contribution in [2.75, 3.05) is 48.3 Å². The highest BCUT2D eigenvalue weighted by Gasteiger charge is 2.22. The van der Waals surface area contributed by atoms with E-state index in [-0.39, 0.29) is 17.5 Å². The van der Waals surface area contributed by atoms with Gasteiger partial charge in [0.15, 0.2) is 5.16 Å². The summed E-state index contributed by atoms with van der Waals surface area (Å²) in [4.78, 5) is 28.5. The molecule has 9 heteroatoms. The number of carbonyl (C=O) groups is 1. The van der Waals surface area contributed by atoms with Gasteiger partial charge in [-0.25, -0.2) is 14.4 Å². The van der Waals surface area contributed by atoms with Crippen molar-refractivity contribution in [1.29, 1.82) is 0 Å². The summed E-state index contributed by atoms with van der Waals surface area (Å²) in [6.45, 7) is 3.84. The molecule has 5 rings (SSSR count). The second kappa shape index (κ2) is 13.6. The molecule has 1 aromatic heterocycles. The van der Waals surface area contributed by atoms with Crippen LogP contribution in [-0.4, -0.2) is 59.3 Å². The minimum absolute atomic E-state index is 0.0217. The Kier molecular flexibility index (Phi) is 9.52. The topological polar surface area (TPSA) is 52.6 Å². The Balaban J connectivity index is 1.21.